The lowest BCUT2D eigenvalue weighted by Crippen LogP contribution is -2.27. The molecule has 0 spiro atoms. The molecule has 0 aliphatic rings. The quantitative estimate of drug-likeness (QED) is 0.795. The predicted molar refractivity (Wildman–Crippen MR) is 79.9 cm³/mol. The number of hydrogen-bond donors (Lipinski definition) is 1. The fourth-order valence-electron chi connectivity index (χ4n) is 2.02. The highest BCUT2D eigenvalue weighted by atomic mass is 79.9. The number of methoxy groups -OCH3 is 2. The van der Waals surface area contributed by atoms with Gasteiger partial charge in [0.2, 0.25) is 0 Å². The molecule has 0 fully saturated rings. The third kappa shape index (κ3) is 4.37. The molecule has 4 nitrogen and oxygen atoms in total. The van der Waals surface area contributed by atoms with Crippen LogP contribution in [-0.2, 0) is 6.54 Å². The maximum atomic E-state index is 9.10. The summed E-state index contributed by atoms with van der Waals surface area (Å²) in [6.07, 6.45) is 1.06. The average Bonchev–Trinajstić information content (AvgIpc) is 2.41. The van der Waals surface area contributed by atoms with Crippen LogP contribution in [0.15, 0.2) is 16.6 Å². The summed E-state index contributed by atoms with van der Waals surface area (Å²) in [7, 11) is 3.25. The van der Waals surface area contributed by atoms with E-state index in [1.807, 2.05) is 12.1 Å². The van der Waals surface area contributed by atoms with E-state index in [9.17, 15) is 0 Å². The van der Waals surface area contributed by atoms with Crippen molar-refractivity contribution in [3.8, 4) is 11.5 Å². The van der Waals surface area contributed by atoms with Crippen molar-refractivity contribution in [2.45, 2.75) is 19.9 Å². The van der Waals surface area contributed by atoms with Gasteiger partial charge in [-0.15, -0.1) is 0 Å². The second-order valence-corrected chi connectivity index (χ2v) is 5.07. The Kier molecular flexibility index (Phi) is 7.20. The molecule has 0 amide bonds. The highest BCUT2D eigenvalue weighted by Gasteiger charge is 2.14. The molecule has 0 atom stereocenters. The lowest BCUT2D eigenvalue weighted by molar-refractivity contribution is 0.190. The van der Waals surface area contributed by atoms with Crippen molar-refractivity contribution < 1.29 is 14.6 Å². The first-order valence-electron chi connectivity index (χ1n) is 6.40. The van der Waals surface area contributed by atoms with Gasteiger partial charge in [-0.2, -0.15) is 0 Å². The Labute approximate surface area is 123 Å². The van der Waals surface area contributed by atoms with Crippen molar-refractivity contribution in [1.29, 1.82) is 0 Å². The van der Waals surface area contributed by atoms with Crippen LogP contribution in [0.3, 0.4) is 0 Å². The van der Waals surface area contributed by atoms with Gasteiger partial charge in [0.05, 0.1) is 25.3 Å². The van der Waals surface area contributed by atoms with E-state index in [1.165, 1.54) is 0 Å². The van der Waals surface area contributed by atoms with Crippen molar-refractivity contribution >= 4 is 15.9 Å². The van der Waals surface area contributed by atoms with Gasteiger partial charge in [0, 0.05) is 13.1 Å². The maximum Gasteiger partial charge on any atom is 0.175 e. The normalized spacial score (nSPS) is 10.8. The van der Waals surface area contributed by atoms with E-state index in [2.05, 4.69) is 27.8 Å². The zero-order chi connectivity index (χ0) is 14.3. The van der Waals surface area contributed by atoms with E-state index in [4.69, 9.17) is 14.6 Å². The fourth-order valence-corrected chi connectivity index (χ4v) is 2.64. The Hall–Kier alpha value is -0.780. The SMILES string of the molecule is CCCN(CCO)Cc1ccc(OC)c(OC)c1Br. The molecule has 5 heteroatoms. The lowest BCUT2D eigenvalue weighted by Gasteiger charge is -2.22. The molecule has 0 radical (unpaired) electrons. The van der Waals surface area contributed by atoms with Crippen LogP contribution in [0, 0.1) is 0 Å². The van der Waals surface area contributed by atoms with Crippen LogP contribution in [0.4, 0.5) is 0 Å². The molecule has 0 bridgehead atoms. The van der Waals surface area contributed by atoms with Gasteiger partial charge in [0.15, 0.2) is 11.5 Å². The second-order valence-electron chi connectivity index (χ2n) is 4.27. The zero-order valence-corrected chi connectivity index (χ0v) is 13.4. The minimum absolute atomic E-state index is 0.172. The number of hydrogen-bond acceptors (Lipinski definition) is 4. The number of halogens is 1. The molecule has 1 rings (SSSR count). The number of benzene rings is 1. The summed E-state index contributed by atoms with van der Waals surface area (Å²) in [5, 5.41) is 9.10. The predicted octanol–water partition coefficient (Wildman–Crippen LogP) is 2.67. The van der Waals surface area contributed by atoms with Gasteiger partial charge in [-0.1, -0.05) is 13.0 Å². The monoisotopic (exact) mass is 331 g/mol. The van der Waals surface area contributed by atoms with Crippen LogP contribution in [-0.4, -0.2) is 43.9 Å². The summed E-state index contributed by atoms with van der Waals surface area (Å²) in [6.45, 7) is 4.71. The molecule has 0 aliphatic carbocycles. The van der Waals surface area contributed by atoms with E-state index < -0.39 is 0 Å². The van der Waals surface area contributed by atoms with E-state index >= 15 is 0 Å². The maximum absolute atomic E-state index is 9.10. The van der Waals surface area contributed by atoms with Crippen molar-refractivity contribution in [3.05, 3.63) is 22.2 Å². The summed E-state index contributed by atoms with van der Waals surface area (Å²) < 4.78 is 11.5. The summed E-state index contributed by atoms with van der Waals surface area (Å²) in [5.41, 5.74) is 1.12. The Morgan fingerprint density at radius 2 is 1.95 bits per heavy atom. The Balaban J connectivity index is 2.94. The van der Waals surface area contributed by atoms with Crippen LogP contribution in [0.2, 0.25) is 0 Å². The summed E-state index contributed by atoms with van der Waals surface area (Å²) in [6, 6.07) is 3.92. The van der Waals surface area contributed by atoms with Crippen molar-refractivity contribution in [3.63, 3.8) is 0 Å². The Bertz CT molecular complexity index is 393. The van der Waals surface area contributed by atoms with Gasteiger partial charge in [-0.05, 0) is 40.5 Å². The summed E-state index contributed by atoms with van der Waals surface area (Å²) in [5.74, 6) is 1.42. The Morgan fingerprint density at radius 1 is 1.21 bits per heavy atom. The molecule has 108 valence electrons. The molecular weight excluding hydrogens is 310 g/mol. The second kappa shape index (κ2) is 8.40. The topological polar surface area (TPSA) is 41.9 Å². The summed E-state index contributed by atoms with van der Waals surface area (Å²) in [4.78, 5) is 2.21. The van der Waals surface area contributed by atoms with Gasteiger partial charge in [-0.25, -0.2) is 0 Å². The van der Waals surface area contributed by atoms with E-state index in [0.29, 0.717) is 18.0 Å². The summed E-state index contributed by atoms with van der Waals surface area (Å²) >= 11 is 3.57. The van der Waals surface area contributed by atoms with Crippen LogP contribution in [0.25, 0.3) is 0 Å². The smallest absolute Gasteiger partial charge is 0.175 e. The molecule has 1 aromatic carbocycles. The minimum Gasteiger partial charge on any atom is -0.493 e. The van der Waals surface area contributed by atoms with Crippen molar-refractivity contribution in [2.24, 2.45) is 0 Å². The van der Waals surface area contributed by atoms with E-state index in [-0.39, 0.29) is 6.61 Å². The zero-order valence-electron chi connectivity index (χ0n) is 11.8. The number of nitrogens with zero attached hydrogens (tertiary/aromatic N) is 1. The van der Waals surface area contributed by atoms with Gasteiger partial charge < -0.3 is 14.6 Å². The van der Waals surface area contributed by atoms with Gasteiger partial charge in [0.25, 0.3) is 0 Å². The van der Waals surface area contributed by atoms with Crippen molar-refractivity contribution in [2.75, 3.05) is 33.9 Å². The van der Waals surface area contributed by atoms with Gasteiger partial charge in [0.1, 0.15) is 0 Å². The number of ether oxygens (including phenoxy) is 2. The standard InChI is InChI=1S/C14H22BrNO3/c1-4-7-16(8-9-17)10-11-5-6-12(18-2)14(19-3)13(11)15/h5-6,17H,4,7-10H2,1-3H3. The van der Waals surface area contributed by atoms with Gasteiger partial charge in [-0.3, -0.25) is 4.90 Å². The van der Waals surface area contributed by atoms with E-state index in [1.54, 1.807) is 14.2 Å². The molecule has 1 N–H and O–H groups in total. The molecular formula is C14H22BrNO3. The molecule has 0 saturated carbocycles. The molecule has 0 unspecified atom stereocenters. The Morgan fingerprint density at radius 3 is 2.47 bits per heavy atom. The van der Waals surface area contributed by atoms with Crippen molar-refractivity contribution in [1.82, 2.24) is 4.90 Å². The van der Waals surface area contributed by atoms with Crippen LogP contribution in [0.5, 0.6) is 11.5 Å². The largest absolute Gasteiger partial charge is 0.493 e. The fraction of sp³-hybridized carbons (Fsp3) is 0.571. The highest BCUT2D eigenvalue weighted by Crippen LogP contribution is 2.37. The first kappa shape index (κ1) is 16.3. The molecule has 0 aromatic heterocycles. The van der Waals surface area contributed by atoms with Crippen LogP contribution >= 0.6 is 15.9 Å². The van der Waals surface area contributed by atoms with Gasteiger partial charge >= 0.3 is 0 Å². The van der Waals surface area contributed by atoms with E-state index in [0.717, 1.165) is 29.5 Å². The first-order valence-corrected chi connectivity index (χ1v) is 7.19. The molecule has 0 aliphatic heterocycles. The third-order valence-corrected chi connectivity index (χ3v) is 3.78. The van der Waals surface area contributed by atoms with Crippen LogP contribution in [0.1, 0.15) is 18.9 Å². The average molecular weight is 332 g/mol. The van der Waals surface area contributed by atoms with Crippen LogP contribution < -0.4 is 9.47 Å². The molecule has 1 aromatic rings. The number of aliphatic hydroxyl groups is 1. The molecule has 0 saturated heterocycles. The molecule has 19 heavy (non-hydrogen) atoms. The highest BCUT2D eigenvalue weighted by molar-refractivity contribution is 9.10. The molecule has 0 heterocycles. The third-order valence-electron chi connectivity index (χ3n) is 2.92. The first-order chi connectivity index (χ1) is 9.17. The number of rotatable bonds is 8. The lowest BCUT2D eigenvalue weighted by atomic mass is 10.2. The number of aliphatic hydroxyl groups excluding tert-OH is 1. The minimum atomic E-state index is 0.172.